The molecule has 1 aromatic carbocycles. The molecule has 0 spiro atoms. The lowest BCUT2D eigenvalue weighted by Gasteiger charge is -2.37. The maximum absolute atomic E-state index is 10.1. The molecule has 7 heteroatoms. The minimum Gasteiger partial charge on any atom is -0.427 e. The fourth-order valence-corrected chi connectivity index (χ4v) is 1.73. The molecule has 0 bridgehead atoms. The Labute approximate surface area is 143 Å². The minimum absolute atomic E-state index is 0.369. The van der Waals surface area contributed by atoms with Gasteiger partial charge in [-0.15, -0.1) is 5.10 Å². The molecule has 1 radical (unpaired) electrons. The van der Waals surface area contributed by atoms with E-state index in [2.05, 4.69) is 10.1 Å². The molecule has 1 aromatic heterocycles. The van der Waals surface area contributed by atoms with E-state index in [9.17, 15) is 10.2 Å². The minimum atomic E-state index is -1.07. The van der Waals surface area contributed by atoms with Crippen molar-refractivity contribution in [3.8, 4) is 5.69 Å². The van der Waals surface area contributed by atoms with Gasteiger partial charge in [0.05, 0.1) is 16.9 Å². The van der Waals surface area contributed by atoms with Gasteiger partial charge in [-0.3, -0.25) is 0 Å². The van der Waals surface area contributed by atoms with Gasteiger partial charge in [0.25, 0.3) is 0 Å². The van der Waals surface area contributed by atoms with E-state index in [0.29, 0.717) is 5.82 Å². The van der Waals surface area contributed by atoms with Gasteiger partial charge in [0.15, 0.2) is 5.82 Å². The molecule has 0 unspecified atom stereocenters. The first-order chi connectivity index (χ1) is 10.9. The van der Waals surface area contributed by atoms with Crippen molar-refractivity contribution in [1.82, 2.24) is 14.8 Å². The Balaban J connectivity index is 2.07. The molecule has 1 heterocycles. The number of nitrogens with zero attached hydrogens (tertiary/aromatic N) is 3. The maximum Gasteiger partial charge on any atom is 0.330 e. The molecule has 0 aliphatic carbocycles. The largest absolute Gasteiger partial charge is 0.427 e. The quantitative estimate of drug-likeness (QED) is 0.781. The third-order valence-electron chi connectivity index (χ3n) is 4.16. The summed E-state index contributed by atoms with van der Waals surface area (Å²) < 4.78 is 7.34. The van der Waals surface area contributed by atoms with Crippen molar-refractivity contribution in [2.75, 3.05) is 0 Å². The summed E-state index contributed by atoms with van der Waals surface area (Å²) in [5, 5.41) is 24.3. The highest BCUT2D eigenvalue weighted by atomic mass is 16.5. The van der Waals surface area contributed by atoms with Crippen LogP contribution < -0.4 is 5.46 Å². The average Bonchev–Trinajstić information content (AvgIpc) is 2.94. The number of rotatable bonds is 6. The van der Waals surface area contributed by atoms with Crippen molar-refractivity contribution in [1.29, 1.82) is 0 Å². The second kappa shape index (κ2) is 6.31. The lowest BCUT2D eigenvalue weighted by molar-refractivity contribution is -0.0893. The summed E-state index contributed by atoms with van der Waals surface area (Å²) in [6.45, 7) is 10.4. The highest BCUT2D eigenvalue weighted by molar-refractivity contribution is 6.47. The summed E-state index contributed by atoms with van der Waals surface area (Å²) in [6, 6.07) is 7.55. The molecule has 2 rings (SSSR count). The molecule has 2 aromatic rings. The third kappa shape index (κ3) is 4.23. The van der Waals surface area contributed by atoms with Crippen LogP contribution >= 0.6 is 0 Å². The summed E-state index contributed by atoms with van der Waals surface area (Å²) in [6.07, 6.45) is 1.57. The summed E-state index contributed by atoms with van der Waals surface area (Å²) in [7, 11) is 1.63. The Morgan fingerprint density at radius 1 is 1.00 bits per heavy atom. The molecule has 6 nitrogen and oxygen atoms in total. The Morgan fingerprint density at radius 3 is 2.04 bits per heavy atom. The van der Waals surface area contributed by atoms with Crippen molar-refractivity contribution in [3.05, 3.63) is 36.4 Å². The SMILES string of the molecule is CC(C)(O)c1ncn(-c2ccc([B]OC(C)(C)C(C)(C)O)cc2)n1. The molecule has 24 heavy (non-hydrogen) atoms. The molecule has 0 fully saturated rings. The zero-order valence-corrected chi connectivity index (χ0v) is 15.1. The van der Waals surface area contributed by atoms with Crippen molar-refractivity contribution in [2.24, 2.45) is 0 Å². The first-order valence-electron chi connectivity index (χ1n) is 7.88. The lowest BCUT2D eigenvalue weighted by atomic mass is 9.82. The first-order valence-corrected chi connectivity index (χ1v) is 7.88. The highest BCUT2D eigenvalue weighted by Crippen LogP contribution is 2.24. The normalized spacial score (nSPS) is 13.2. The zero-order chi connectivity index (χ0) is 18.2. The van der Waals surface area contributed by atoms with Crippen LogP contribution in [0.5, 0.6) is 0 Å². The molecule has 0 atom stereocenters. The third-order valence-corrected chi connectivity index (χ3v) is 4.16. The Morgan fingerprint density at radius 2 is 1.58 bits per heavy atom. The van der Waals surface area contributed by atoms with Crippen LogP contribution in [0, 0.1) is 0 Å². The molecule has 129 valence electrons. The monoisotopic (exact) mass is 330 g/mol. The lowest BCUT2D eigenvalue weighted by Crippen LogP contribution is -2.49. The molecule has 0 amide bonds. The maximum atomic E-state index is 10.1. The number of aliphatic hydroxyl groups is 2. The van der Waals surface area contributed by atoms with Crippen LogP contribution in [-0.4, -0.2) is 43.7 Å². The second-order valence-corrected chi connectivity index (χ2v) is 7.47. The van der Waals surface area contributed by atoms with E-state index in [1.165, 1.54) is 0 Å². The van der Waals surface area contributed by atoms with E-state index in [1.807, 2.05) is 38.1 Å². The Bertz CT molecular complexity index is 682. The summed E-state index contributed by atoms with van der Waals surface area (Å²) in [5.74, 6) is 0.369. The fraction of sp³-hybridized carbons (Fsp3) is 0.529. The van der Waals surface area contributed by atoms with Crippen molar-refractivity contribution in [2.45, 2.75) is 58.3 Å². The van der Waals surface area contributed by atoms with Gasteiger partial charge in [-0.1, -0.05) is 17.6 Å². The predicted molar refractivity (Wildman–Crippen MR) is 93.5 cm³/mol. The van der Waals surface area contributed by atoms with E-state index < -0.39 is 16.8 Å². The Hall–Kier alpha value is -1.70. The van der Waals surface area contributed by atoms with Crippen LogP contribution in [0.15, 0.2) is 30.6 Å². The number of aromatic nitrogens is 3. The van der Waals surface area contributed by atoms with Gasteiger partial charge >= 0.3 is 7.48 Å². The van der Waals surface area contributed by atoms with Crippen LogP contribution in [0.3, 0.4) is 0 Å². The van der Waals surface area contributed by atoms with E-state index in [1.54, 1.807) is 46.2 Å². The number of benzene rings is 1. The van der Waals surface area contributed by atoms with E-state index in [-0.39, 0.29) is 0 Å². The molecule has 2 N–H and O–H groups in total. The Kier molecular flexibility index (Phi) is 4.90. The summed E-state index contributed by atoms with van der Waals surface area (Å²) in [4.78, 5) is 4.12. The van der Waals surface area contributed by atoms with Gasteiger partial charge in [0.1, 0.15) is 11.9 Å². The summed E-state index contributed by atoms with van der Waals surface area (Å²) in [5.41, 5.74) is -1.04. The number of hydrogen-bond acceptors (Lipinski definition) is 5. The second-order valence-electron chi connectivity index (χ2n) is 7.47. The molecular formula is C17H25BN3O3. The topological polar surface area (TPSA) is 80.4 Å². The smallest absolute Gasteiger partial charge is 0.330 e. The molecule has 0 aliphatic heterocycles. The van der Waals surface area contributed by atoms with Crippen LogP contribution in [0.4, 0.5) is 0 Å². The van der Waals surface area contributed by atoms with E-state index in [0.717, 1.165) is 11.2 Å². The number of hydrogen-bond donors (Lipinski definition) is 2. The van der Waals surface area contributed by atoms with Gasteiger partial charge in [0, 0.05) is 0 Å². The van der Waals surface area contributed by atoms with E-state index in [4.69, 9.17) is 4.65 Å². The van der Waals surface area contributed by atoms with Crippen molar-refractivity contribution < 1.29 is 14.9 Å². The average molecular weight is 330 g/mol. The summed E-state index contributed by atoms with van der Waals surface area (Å²) >= 11 is 0. The first kappa shape index (κ1) is 18.6. The van der Waals surface area contributed by atoms with Crippen molar-refractivity contribution >= 4 is 12.9 Å². The predicted octanol–water partition coefficient (Wildman–Crippen LogP) is 1.31. The van der Waals surface area contributed by atoms with Crippen molar-refractivity contribution in [3.63, 3.8) is 0 Å². The van der Waals surface area contributed by atoms with Crippen LogP contribution in [0.2, 0.25) is 0 Å². The zero-order valence-electron chi connectivity index (χ0n) is 15.1. The van der Waals surface area contributed by atoms with Gasteiger partial charge in [-0.2, -0.15) is 0 Å². The highest BCUT2D eigenvalue weighted by Gasteiger charge is 2.35. The van der Waals surface area contributed by atoms with Gasteiger partial charge < -0.3 is 14.9 Å². The fourth-order valence-electron chi connectivity index (χ4n) is 1.73. The van der Waals surface area contributed by atoms with Crippen LogP contribution in [0.25, 0.3) is 5.69 Å². The standard InChI is InChI=1S/C17H25BN3O3/c1-15(2,22)14-19-11-21(20-14)13-9-7-12(8-10-13)18-24-17(5,6)16(3,4)23/h7-11,22-23H,1-6H3. The van der Waals surface area contributed by atoms with Crippen LogP contribution in [-0.2, 0) is 10.3 Å². The van der Waals surface area contributed by atoms with Gasteiger partial charge in [0.2, 0.25) is 0 Å². The molecular weight excluding hydrogens is 305 g/mol. The molecule has 0 aliphatic rings. The van der Waals surface area contributed by atoms with Crippen LogP contribution in [0.1, 0.15) is 47.4 Å². The van der Waals surface area contributed by atoms with Gasteiger partial charge in [-0.25, -0.2) is 9.67 Å². The van der Waals surface area contributed by atoms with E-state index >= 15 is 0 Å². The molecule has 0 saturated heterocycles. The van der Waals surface area contributed by atoms with Gasteiger partial charge in [-0.05, 0) is 53.7 Å². The molecule has 0 saturated carbocycles.